The zero-order valence-corrected chi connectivity index (χ0v) is 39.8. The lowest BCUT2D eigenvalue weighted by molar-refractivity contribution is -0.167. The van der Waals surface area contributed by atoms with E-state index < -0.39 is 5.60 Å². The molecular formula is C55H100O3. The highest BCUT2D eigenvalue weighted by molar-refractivity contribution is 5.73. The van der Waals surface area contributed by atoms with Crippen LogP contribution in [0.1, 0.15) is 278 Å². The average molecular weight is 809 g/mol. The lowest BCUT2D eigenvalue weighted by Gasteiger charge is -2.29. The summed E-state index contributed by atoms with van der Waals surface area (Å²) in [7, 11) is 0. The molecule has 0 fully saturated rings. The summed E-state index contributed by atoms with van der Waals surface area (Å²) >= 11 is 0. The van der Waals surface area contributed by atoms with Gasteiger partial charge < -0.3 is 9.47 Å². The first kappa shape index (κ1) is 54.4. The number of allylic oxidation sites excluding steroid dienone is 2. The highest BCUT2D eigenvalue weighted by atomic mass is 16.6. The predicted molar refractivity (Wildman–Crippen MR) is 256 cm³/mol. The zero-order chi connectivity index (χ0) is 42.0. The Morgan fingerprint density at radius 2 is 0.828 bits per heavy atom. The van der Waals surface area contributed by atoms with Crippen molar-refractivity contribution in [2.45, 2.75) is 291 Å². The normalized spacial score (nSPS) is 13.1. The van der Waals surface area contributed by atoms with E-state index in [1.54, 1.807) is 0 Å². The molecule has 0 amide bonds. The maximum Gasteiger partial charge on any atom is 0.312 e. The van der Waals surface area contributed by atoms with Gasteiger partial charge in [0.1, 0.15) is 5.60 Å². The number of benzene rings is 1. The van der Waals surface area contributed by atoms with Gasteiger partial charge in [-0.1, -0.05) is 255 Å². The van der Waals surface area contributed by atoms with Gasteiger partial charge in [-0.2, -0.15) is 0 Å². The van der Waals surface area contributed by atoms with E-state index in [2.05, 4.69) is 56.3 Å². The Labute approximate surface area is 363 Å². The molecule has 0 heterocycles. The van der Waals surface area contributed by atoms with Crippen LogP contribution >= 0.6 is 0 Å². The lowest BCUT2D eigenvalue weighted by atomic mass is 9.91. The first-order valence-corrected chi connectivity index (χ1v) is 25.9. The minimum atomic E-state index is -0.495. The van der Waals surface area contributed by atoms with Crippen molar-refractivity contribution in [3.8, 4) is 0 Å². The van der Waals surface area contributed by atoms with E-state index in [0.717, 1.165) is 38.5 Å². The average Bonchev–Trinajstić information content (AvgIpc) is 3.20. The summed E-state index contributed by atoms with van der Waals surface area (Å²) in [6.45, 7) is 11.1. The van der Waals surface area contributed by atoms with Crippen LogP contribution in [-0.4, -0.2) is 17.7 Å². The van der Waals surface area contributed by atoms with E-state index in [9.17, 15) is 4.79 Å². The van der Waals surface area contributed by atoms with Crippen LogP contribution in [0.3, 0.4) is 0 Å². The summed E-state index contributed by atoms with van der Waals surface area (Å²) in [6.07, 6.45) is 53.9. The molecule has 1 aromatic rings. The second kappa shape index (κ2) is 40.8. The van der Waals surface area contributed by atoms with Crippen molar-refractivity contribution >= 4 is 5.97 Å². The summed E-state index contributed by atoms with van der Waals surface area (Å²) < 4.78 is 12.7. The highest BCUT2D eigenvalue weighted by Crippen LogP contribution is 2.27. The van der Waals surface area contributed by atoms with Crippen molar-refractivity contribution in [3.05, 3.63) is 48.0 Å². The molecule has 1 aromatic carbocycles. The van der Waals surface area contributed by atoms with E-state index in [1.807, 2.05) is 20.8 Å². The Balaban J connectivity index is 2.37. The Bertz CT molecular complexity index is 1010. The first-order chi connectivity index (χ1) is 28.4. The molecule has 0 unspecified atom stereocenters. The molecule has 0 aliphatic carbocycles. The van der Waals surface area contributed by atoms with Crippen LogP contribution in [0.5, 0.6) is 0 Å². The smallest absolute Gasteiger partial charge is 0.312 e. The number of rotatable bonds is 43. The monoisotopic (exact) mass is 809 g/mol. The molecule has 0 bridgehead atoms. The van der Waals surface area contributed by atoms with Gasteiger partial charge in [0.25, 0.3) is 0 Å². The molecule has 338 valence electrons. The minimum Gasteiger partial charge on any atom is -0.460 e. The lowest BCUT2D eigenvalue weighted by Crippen LogP contribution is -2.36. The van der Waals surface area contributed by atoms with Gasteiger partial charge in [-0.05, 0) is 64.9 Å². The topological polar surface area (TPSA) is 35.5 Å². The number of carbonyl (C=O) groups is 1. The van der Waals surface area contributed by atoms with Gasteiger partial charge in [-0.3, -0.25) is 4.79 Å². The Morgan fingerprint density at radius 1 is 0.483 bits per heavy atom. The summed E-state index contributed by atoms with van der Waals surface area (Å²) in [5, 5.41) is 0. The number of ether oxygens (including phenoxy) is 2. The van der Waals surface area contributed by atoms with Crippen LogP contribution in [-0.2, 0) is 20.9 Å². The third kappa shape index (κ3) is 36.3. The van der Waals surface area contributed by atoms with Gasteiger partial charge in [-0.25, -0.2) is 0 Å². The fraction of sp³-hybridized carbons (Fsp3) is 0.836. The van der Waals surface area contributed by atoms with E-state index in [0.29, 0.717) is 6.61 Å². The third-order valence-corrected chi connectivity index (χ3v) is 12.1. The summed E-state index contributed by atoms with van der Waals surface area (Å²) in [5.41, 5.74) is 0.672. The molecule has 0 aliphatic rings. The van der Waals surface area contributed by atoms with Crippen molar-refractivity contribution < 1.29 is 14.3 Å². The number of carbonyl (C=O) groups excluding carboxylic acids is 1. The quantitative estimate of drug-likeness (QED) is 0.0374. The van der Waals surface area contributed by atoms with Gasteiger partial charge in [-0.15, -0.1) is 0 Å². The zero-order valence-electron chi connectivity index (χ0n) is 39.8. The van der Waals surface area contributed by atoms with Crippen molar-refractivity contribution in [1.82, 2.24) is 0 Å². The number of unbranched alkanes of at least 4 members (excludes halogenated alkanes) is 32. The molecule has 0 saturated carbocycles. The molecule has 0 spiro atoms. The number of esters is 1. The van der Waals surface area contributed by atoms with Crippen LogP contribution < -0.4 is 0 Å². The molecule has 58 heavy (non-hydrogen) atoms. The van der Waals surface area contributed by atoms with E-state index in [1.165, 1.54) is 205 Å². The van der Waals surface area contributed by atoms with Crippen molar-refractivity contribution in [2.75, 3.05) is 0 Å². The Hall–Kier alpha value is -1.61. The van der Waals surface area contributed by atoms with Crippen molar-refractivity contribution in [3.63, 3.8) is 0 Å². The molecule has 0 radical (unpaired) electrons. The predicted octanol–water partition coefficient (Wildman–Crippen LogP) is 18.6. The number of hydrogen-bond acceptors (Lipinski definition) is 3. The van der Waals surface area contributed by atoms with Crippen LogP contribution in [0.15, 0.2) is 42.5 Å². The second-order valence-corrected chi connectivity index (χ2v) is 19.1. The SMILES string of the molecule is CCCCCCCCCCCCCCC/C=C\CCCC[C@H](OCc1ccccc1)[C@H](CCCCCCCCCCCCCCCCCCCC)C(=O)OC(C)(C)C. The second-order valence-electron chi connectivity index (χ2n) is 19.1. The largest absolute Gasteiger partial charge is 0.460 e. The number of hydrogen-bond donors (Lipinski definition) is 0. The molecule has 3 nitrogen and oxygen atoms in total. The van der Waals surface area contributed by atoms with Crippen LogP contribution in [0.4, 0.5) is 0 Å². The van der Waals surface area contributed by atoms with Crippen LogP contribution in [0.2, 0.25) is 0 Å². The van der Waals surface area contributed by atoms with Crippen molar-refractivity contribution in [1.29, 1.82) is 0 Å². The Kier molecular flexibility index (Phi) is 38.3. The van der Waals surface area contributed by atoms with Gasteiger partial charge >= 0.3 is 5.97 Å². The molecule has 0 aromatic heterocycles. The van der Waals surface area contributed by atoms with Gasteiger partial charge in [0.05, 0.1) is 18.6 Å². The first-order valence-electron chi connectivity index (χ1n) is 25.9. The fourth-order valence-electron chi connectivity index (χ4n) is 8.40. The molecule has 1 rings (SSSR count). The molecule has 3 heteroatoms. The summed E-state index contributed by atoms with van der Waals surface area (Å²) in [4.78, 5) is 13.7. The molecule has 0 saturated heterocycles. The van der Waals surface area contributed by atoms with Gasteiger partial charge in [0, 0.05) is 0 Å². The van der Waals surface area contributed by atoms with Gasteiger partial charge in [0.15, 0.2) is 0 Å². The molecule has 2 atom stereocenters. The molecular weight excluding hydrogens is 709 g/mol. The van der Waals surface area contributed by atoms with Crippen LogP contribution in [0.25, 0.3) is 0 Å². The van der Waals surface area contributed by atoms with Crippen molar-refractivity contribution in [2.24, 2.45) is 5.92 Å². The maximum atomic E-state index is 13.7. The standard InChI is InChI=1S/C55H100O3/c1-6-8-10-12-14-16-18-20-22-24-26-28-30-32-34-36-38-40-45-49-53(57-50-51-46-42-41-43-47-51)52(54(56)58-55(3,4)5)48-44-39-37-35-33-31-29-27-25-23-21-19-17-15-13-11-9-7-2/h34,36,41-43,46-47,52-53H,6-33,35,37-40,44-45,48-50H2,1-5H3/b36-34-/t52-,53-/m0/s1. The Morgan fingerprint density at radius 3 is 1.22 bits per heavy atom. The van der Waals surface area contributed by atoms with Gasteiger partial charge in [0.2, 0.25) is 0 Å². The van der Waals surface area contributed by atoms with E-state index in [4.69, 9.17) is 9.47 Å². The minimum absolute atomic E-state index is 0.0739. The third-order valence-electron chi connectivity index (χ3n) is 12.1. The summed E-state index contributed by atoms with van der Waals surface area (Å²) in [6, 6.07) is 10.4. The van der Waals surface area contributed by atoms with E-state index in [-0.39, 0.29) is 18.0 Å². The highest BCUT2D eigenvalue weighted by Gasteiger charge is 2.32. The van der Waals surface area contributed by atoms with Crippen LogP contribution in [0, 0.1) is 5.92 Å². The summed E-state index contributed by atoms with van der Waals surface area (Å²) in [5.74, 6) is -0.287. The molecule has 0 aliphatic heterocycles. The fourth-order valence-corrected chi connectivity index (χ4v) is 8.40. The van der Waals surface area contributed by atoms with E-state index >= 15 is 0 Å². The maximum absolute atomic E-state index is 13.7. The molecule has 0 N–H and O–H groups in total.